The predicted molar refractivity (Wildman–Crippen MR) is 129 cm³/mol. The van der Waals surface area contributed by atoms with Crippen LogP contribution in [-0.4, -0.2) is 66.0 Å². The average Bonchev–Trinajstić information content (AvgIpc) is 3.11. The summed E-state index contributed by atoms with van der Waals surface area (Å²) in [6, 6.07) is 18.4. The second kappa shape index (κ2) is 10.8. The van der Waals surface area contributed by atoms with Gasteiger partial charge in [-0.15, -0.1) is 0 Å². The summed E-state index contributed by atoms with van der Waals surface area (Å²) >= 11 is 0. The first kappa shape index (κ1) is 23.2. The Morgan fingerprint density at radius 1 is 0.939 bits per heavy atom. The third-order valence-corrected chi connectivity index (χ3v) is 6.38. The summed E-state index contributed by atoms with van der Waals surface area (Å²) in [5.41, 5.74) is 3.82. The summed E-state index contributed by atoms with van der Waals surface area (Å²) in [6.45, 7) is 10.3. The van der Waals surface area contributed by atoms with E-state index in [1.807, 2.05) is 50.2 Å². The highest BCUT2D eigenvalue weighted by Gasteiger charge is 2.22. The van der Waals surface area contributed by atoms with Crippen LogP contribution >= 0.6 is 0 Å². The van der Waals surface area contributed by atoms with Gasteiger partial charge in [-0.2, -0.15) is 0 Å². The Labute approximate surface area is 195 Å². The van der Waals surface area contributed by atoms with Gasteiger partial charge in [-0.1, -0.05) is 30.3 Å². The molecule has 0 atom stereocenters. The fourth-order valence-corrected chi connectivity index (χ4v) is 4.37. The van der Waals surface area contributed by atoms with Crippen molar-refractivity contribution < 1.29 is 13.9 Å². The van der Waals surface area contributed by atoms with Crippen LogP contribution in [0.3, 0.4) is 0 Å². The molecule has 0 bridgehead atoms. The van der Waals surface area contributed by atoms with Crippen LogP contribution in [0.15, 0.2) is 60.7 Å². The standard InChI is InChI=1S/C27H32FN3O2/c1-21-18-26(22(2)31(21)19-23-8-10-24(28)11-9-23)27(32)20-30-14-12-29(13-15-30)16-17-33-25-6-4-3-5-7-25/h3-11,18H,12-17,19-20H2,1-2H3. The summed E-state index contributed by atoms with van der Waals surface area (Å²) < 4.78 is 21.1. The van der Waals surface area contributed by atoms with Gasteiger partial charge in [0.25, 0.3) is 0 Å². The molecule has 4 rings (SSSR count). The van der Waals surface area contributed by atoms with Crippen molar-refractivity contribution in [2.75, 3.05) is 45.9 Å². The van der Waals surface area contributed by atoms with Crippen molar-refractivity contribution in [2.24, 2.45) is 0 Å². The number of Topliss-reactive ketones (excluding diaryl/α,β-unsaturated/α-hetero) is 1. The highest BCUT2D eigenvalue weighted by Crippen LogP contribution is 2.19. The van der Waals surface area contributed by atoms with Crippen LogP contribution < -0.4 is 4.74 Å². The Kier molecular flexibility index (Phi) is 7.57. The maximum atomic E-state index is 13.2. The number of hydrogen-bond acceptors (Lipinski definition) is 4. The van der Waals surface area contributed by atoms with Crippen LogP contribution in [0.5, 0.6) is 5.75 Å². The smallest absolute Gasteiger partial charge is 0.178 e. The lowest BCUT2D eigenvalue weighted by atomic mass is 10.1. The quantitative estimate of drug-likeness (QED) is 0.460. The van der Waals surface area contributed by atoms with Gasteiger partial charge in [0.1, 0.15) is 18.2 Å². The molecule has 1 aliphatic rings. The van der Waals surface area contributed by atoms with E-state index < -0.39 is 0 Å². The molecule has 0 amide bonds. The number of piperazine rings is 1. The number of benzene rings is 2. The second-order valence-electron chi connectivity index (χ2n) is 8.70. The van der Waals surface area contributed by atoms with Gasteiger partial charge in [0.15, 0.2) is 5.78 Å². The summed E-state index contributed by atoms with van der Waals surface area (Å²) in [5, 5.41) is 0. The molecule has 33 heavy (non-hydrogen) atoms. The Morgan fingerprint density at radius 3 is 2.30 bits per heavy atom. The van der Waals surface area contributed by atoms with Gasteiger partial charge >= 0.3 is 0 Å². The molecular weight excluding hydrogens is 417 g/mol. The highest BCUT2D eigenvalue weighted by molar-refractivity contribution is 5.99. The van der Waals surface area contributed by atoms with Gasteiger partial charge < -0.3 is 9.30 Å². The van der Waals surface area contributed by atoms with Crippen LogP contribution in [0.4, 0.5) is 4.39 Å². The van der Waals surface area contributed by atoms with Crippen molar-refractivity contribution in [3.63, 3.8) is 0 Å². The SMILES string of the molecule is Cc1cc(C(=O)CN2CCN(CCOc3ccccc3)CC2)c(C)n1Cc1ccc(F)cc1. The Balaban J connectivity index is 1.26. The molecule has 1 fully saturated rings. The van der Waals surface area contributed by atoms with E-state index in [4.69, 9.17) is 4.74 Å². The number of ketones is 1. The lowest BCUT2D eigenvalue weighted by Crippen LogP contribution is -2.48. The first-order valence-corrected chi connectivity index (χ1v) is 11.6. The number of hydrogen-bond donors (Lipinski definition) is 0. The summed E-state index contributed by atoms with van der Waals surface area (Å²) in [4.78, 5) is 17.7. The minimum absolute atomic E-state index is 0.161. The molecule has 2 heterocycles. The van der Waals surface area contributed by atoms with Crippen molar-refractivity contribution in [2.45, 2.75) is 20.4 Å². The van der Waals surface area contributed by atoms with E-state index in [0.717, 1.165) is 61.0 Å². The van der Waals surface area contributed by atoms with Crippen LogP contribution in [0.1, 0.15) is 27.3 Å². The van der Waals surface area contributed by atoms with Crippen LogP contribution in [0, 0.1) is 19.7 Å². The number of para-hydroxylation sites is 1. The van der Waals surface area contributed by atoms with Gasteiger partial charge in [-0.3, -0.25) is 14.6 Å². The van der Waals surface area contributed by atoms with Crippen molar-refractivity contribution in [3.05, 3.63) is 89.0 Å². The molecule has 0 unspecified atom stereocenters. The zero-order valence-corrected chi connectivity index (χ0v) is 19.5. The number of carbonyl (C=O) groups is 1. The highest BCUT2D eigenvalue weighted by atomic mass is 19.1. The van der Waals surface area contributed by atoms with Crippen molar-refractivity contribution in [1.82, 2.24) is 14.4 Å². The molecule has 1 saturated heterocycles. The molecule has 0 aliphatic carbocycles. The number of halogens is 1. The maximum absolute atomic E-state index is 13.2. The molecule has 0 saturated carbocycles. The number of ether oxygens (including phenoxy) is 1. The van der Waals surface area contributed by atoms with Crippen molar-refractivity contribution in [1.29, 1.82) is 0 Å². The van der Waals surface area contributed by atoms with Crippen LogP contribution in [-0.2, 0) is 6.54 Å². The molecule has 2 aromatic carbocycles. The van der Waals surface area contributed by atoms with Crippen molar-refractivity contribution >= 4 is 5.78 Å². The Bertz CT molecular complexity index is 1050. The lowest BCUT2D eigenvalue weighted by Gasteiger charge is -2.34. The molecule has 5 nitrogen and oxygen atoms in total. The van der Waals surface area contributed by atoms with E-state index in [1.54, 1.807) is 12.1 Å². The number of aryl methyl sites for hydroxylation is 1. The largest absolute Gasteiger partial charge is 0.492 e. The summed E-state index contributed by atoms with van der Waals surface area (Å²) in [7, 11) is 0. The molecule has 174 valence electrons. The molecule has 0 radical (unpaired) electrons. The number of aromatic nitrogens is 1. The third kappa shape index (κ3) is 6.09. The van der Waals surface area contributed by atoms with Crippen LogP contribution in [0.25, 0.3) is 0 Å². The normalized spacial score (nSPS) is 15.0. The van der Waals surface area contributed by atoms with Gasteiger partial charge in [0, 0.05) is 56.2 Å². The molecule has 1 aromatic heterocycles. The van der Waals surface area contributed by atoms with Gasteiger partial charge in [-0.25, -0.2) is 4.39 Å². The van der Waals surface area contributed by atoms with Crippen molar-refractivity contribution in [3.8, 4) is 5.75 Å². The molecule has 6 heteroatoms. The molecule has 0 N–H and O–H groups in total. The summed E-state index contributed by atoms with van der Waals surface area (Å²) in [6.07, 6.45) is 0. The van der Waals surface area contributed by atoms with E-state index >= 15 is 0 Å². The summed E-state index contributed by atoms with van der Waals surface area (Å²) in [5.74, 6) is 0.826. The molecule has 3 aromatic rings. The number of nitrogens with zero attached hydrogens (tertiary/aromatic N) is 3. The monoisotopic (exact) mass is 449 g/mol. The first-order valence-electron chi connectivity index (χ1n) is 11.6. The predicted octanol–water partition coefficient (Wildman–Crippen LogP) is 4.17. The maximum Gasteiger partial charge on any atom is 0.178 e. The van der Waals surface area contributed by atoms with Crippen LogP contribution in [0.2, 0.25) is 0 Å². The fourth-order valence-electron chi connectivity index (χ4n) is 4.37. The van der Waals surface area contributed by atoms with E-state index in [-0.39, 0.29) is 11.6 Å². The average molecular weight is 450 g/mol. The number of carbonyl (C=O) groups excluding carboxylic acids is 1. The molecule has 1 aliphatic heterocycles. The second-order valence-corrected chi connectivity index (χ2v) is 8.70. The van der Waals surface area contributed by atoms with E-state index in [2.05, 4.69) is 14.4 Å². The minimum Gasteiger partial charge on any atom is -0.492 e. The molecular formula is C27H32FN3O2. The topological polar surface area (TPSA) is 37.7 Å². The fraction of sp³-hybridized carbons (Fsp3) is 0.370. The van der Waals surface area contributed by atoms with E-state index in [1.165, 1.54) is 12.1 Å². The van der Waals surface area contributed by atoms with Gasteiger partial charge in [-0.05, 0) is 49.7 Å². The van der Waals surface area contributed by atoms with E-state index in [9.17, 15) is 9.18 Å². The zero-order chi connectivity index (χ0) is 23.2. The van der Waals surface area contributed by atoms with Gasteiger partial charge in [0.2, 0.25) is 0 Å². The number of rotatable bonds is 9. The Morgan fingerprint density at radius 2 is 1.61 bits per heavy atom. The Hall–Kier alpha value is -2.96. The van der Waals surface area contributed by atoms with E-state index in [0.29, 0.717) is 19.7 Å². The molecule has 0 spiro atoms. The first-order chi connectivity index (χ1) is 16.0. The zero-order valence-electron chi connectivity index (χ0n) is 19.5. The third-order valence-electron chi connectivity index (χ3n) is 6.38. The minimum atomic E-state index is -0.237. The lowest BCUT2D eigenvalue weighted by molar-refractivity contribution is 0.0830. The van der Waals surface area contributed by atoms with Gasteiger partial charge in [0.05, 0.1) is 6.54 Å².